The average molecular weight is 306 g/mol. The van der Waals surface area contributed by atoms with Crippen LogP contribution in [0.1, 0.15) is 68.6 Å². The van der Waals surface area contributed by atoms with Gasteiger partial charge in [0, 0.05) is 0 Å². The quantitative estimate of drug-likeness (QED) is 0.377. The van der Waals surface area contributed by atoms with Crippen LogP contribution in [0.15, 0.2) is 24.3 Å². The second-order valence-corrected chi connectivity index (χ2v) is 5.81. The first kappa shape index (κ1) is 16.8. The zero-order chi connectivity index (χ0) is 15.6. The third kappa shape index (κ3) is 5.68. The minimum absolute atomic E-state index is 0.0645. The molecule has 1 fully saturated rings. The predicted molar refractivity (Wildman–Crippen MR) is 84.8 cm³/mol. The van der Waals surface area contributed by atoms with Gasteiger partial charge >= 0.3 is 5.97 Å². The van der Waals surface area contributed by atoms with Gasteiger partial charge in [0.25, 0.3) is 0 Å². The van der Waals surface area contributed by atoms with Crippen LogP contribution in [0.25, 0.3) is 0 Å². The first-order valence-corrected chi connectivity index (χ1v) is 8.40. The second kappa shape index (κ2) is 9.46. The fourth-order valence-electron chi connectivity index (χ4n) is 2.55. The summed E-state index contributed by atoms with van der Waals surface area (Å²) >= 11 is 0. The molecule has 0 heterocycles. The van der Waals surface area contributed by atoms with Crippen molar-refractivity contribution in [2.75, 3.05) is 6.61 Å². The third-order valence-corrected chi connectivity index (χ3v) is 3.92. The molecule has 4 nitrogen and oxygen atoms in total. The summed E-state index contributed by atoms with van der Waals surface area (Å²) in [5.74, 6) is 0.339. The van der Waals surface area contributed by atoms with Crippen LogP contribution in [0.3, 0.4) is 0 Å². The summed E-state index contributed by atoms with van der Waals surface area (Å²) in [6.07, 6.45) is 9.02. The molecule has 0 aliphatic heterocycles. The Kier molecular flexibility index (Phi) is 7.23. The molecule has 0 aromatic heterocycles. The normalized spacial score (nSPS) is 15.0. The van der Waals surface area contributed by atoms with E-state index in [0.717, 1.165) is 37.9 Å². The van der Waals surface area contributed by atoms with Gasteiger partial charge in [-0.3, -0.25) is 4.89 Å². The SMILES string of the molecule is CCCCCCOc1ccc(C(=O)OOC2CCCC2)cc1. The van der Waals surface area contributed by atoms with Gasteiger partial charge in [0.2, 0.25) is 0 Å². The summed E-state index contributed by atoms with van der Waals surface area (Å²) in [7, 11) is 0. The fourth-order valence-corrected chi connectivity index (χ4v) is 2.55. The molecule has 1 aliphatic carbocycles. The van der Waals surface area contributed by atoms with E-state index in [2.05, 4.69) is 6.92 Å². The summed E-state index contributed by atoms with van der Waals surface area (Å²) < 4.78 is 5.65. The van der Waals surface area contributed by atoms with Gasteiger partial charge in [-0.15, -0.1) is 0 Å². The molecule has 1 aromatic rings. The lowest BCUT2D eigenvalue weighted by molar-refractivity contribution is -0.272. The smallest absolute Gasteiger partial charge is 0.373 e. The zero-order valence-electron chi connectivity index (χ0n) is 13.4. The number of benzene rings is 1. The summed E-state index contributed by atoms with van der Waals surface area (Å²) in [6, 6.07) is 7.02. The van der Waals surface area contributed by atoms with Crippen LogP contribution < -0.4 is 4.74 Å². The minimum Gasteiger partial charge on any atom is -0.494 e. The number of unbranched alkanes of at least 4 members (excludes halogenated alkanes) is 3. The molecule has 1 aromatic carbocycles. The van der Waals surface area contributed by atoms with Gasteiger partial charge in [0.15, 0.2) is 0 Å². The Morgan fingerprint density at radius 1 is 1.09 bits per heavy atom. The lowest BCUT2D eigenvalue weighted by atomic mass is 10.2. The molecule has 22 heavy (non-hydrogen) atoms. The summed E-state index contributed by atoms with van der Waals surface area (Å²) in [6.45, 7) is 2.91. The van der Waals surface area contributed by atoms with Crippen LogP contribution in [-0.4, -0.2) is 18.7 Å². The molecule has 0 atom stereocenters. The highest BCUT2D eigenvalue weighted by atomic mass is 17.2. The van der Waals surface area contributed by atoms with E-state index in [-0.39, 0.29) is 6.10 Å². The Morgan fingerprint density at radius 2 is 1.82 bits per heavy atom. The van der Waals surface area contributed by atoms with Crippen molar-refractivity contribution < 1.29 is 19.3 Å². The van der Waals surface area contributed by atoms with E-state index in [1.165, 1.54) is 19.3 Å². The van der Waals surface area contributed by atoms with Gasteiger partial charge in [0.05, 0.1) is 12.2 Å². The summed E-state index contributed by atoms with van der Waals surface area (Å²) in [4.78, 5) is 21.9. The van der Waals surface area contributed by atoms with E-state index in [1.807, 2.05) is 0 Å². The van der Waals surface area contributed by atoms with Crippen molar-refractivity contribution in [1.82, 2.24) is 0 Å². The molecule has 0 radical (unpaired) electrons. The van der Waals surface area contributed by atoms with Crippen molar-refractivity contribution in [2.45, 2.75) is 64.4 Å². The van der Waals surface area contributed by atoms with Crippen LogP contribution >= 0.6 is 0 Å². The van der Waals surface area contributed by atoms with E-state index in [4.69, 9.17) is 14.5 Å². The molecule has 4 heteroatoms. The van der Waals surface area contributed by atoms with Gasteiger partial charge in [-0.1, -0.05) is 39.0 Å². The highest BCUT2D eigenvalue weighted by Gasteiger charge is 2.19. The summed E-state index contributed by atoms with van der Waals surface area (Å²) in [5, 5.41) is 0. The maximum Gasteiger partial charge on any atom is 0.373 e. The van der Waals surface area contributed by atoms with Crippen molar-refractivity contribution >= 4 is 5.97 Å². The van der Waals surface area contributed by atoms with Gasteiger partial charge in [-0.2, -0.15) is 4.89 Å². The Bertz CT molecular complexity index is 435. The van der Waals surface area contributed by atoms with Gasteiger partial charge in [-0.25, -0.2) is 4.79 Å². The van der Waals surface area contributed by atoms with Gasteiger partial charge in [0.1, 0.15) is 11.9 Å². The minimum atomic E-state index is -0.443. The molecule has 0 unspecified atom stereocenters. The lowest BCUT2D eigenvalue weighted by Gasteiger charge is -2.09. The predicted octanol–water partition coefficient (Wildman–Crippen LogP) is 4.68. The number of ether oxygens (including phenoxy) is 1. The monoisotopic (exact) mass is 306 g/mol. The first-order chi connectivity index (χ1) is 10.8. The Hall–Kier alpha value is -1.55. The Balaban J connectivity index is 1.69. The zero-order valence-corrected chi connectivity index (χ0v) is 13.4. The van der Waals surface area contributed by atoms with Crippen molar-refractivity contribution in [3.63, 3.8) is 0 Å². The first-order valence-electron chi connectivity index (χ1n) is 8.40. The Morgan fingerprint density at radius 3 is 2.50 bits per heavy atom. The average Bonchev–Trinajstić information content (AvgIpc) is 3.06. The lowest BCUT2D eigenvalue weighted by Crippen LogP contribution is -2.13. The molecule has 1 aliphatic rings. The van der Waals surface area contributed by atoms with E-state index >= 15 is 0 Å². The van der Waals surface area contributed by atoms with Crippen LogP contribution in [0, 0.1) is 0 Å². The number of hydrogen-bond acceptors (Lipinski definition) is 4. The van der Waals surface area contributed by atoms with Crippen molar-refractivity contribution in [3.05, 3.63) is 29.8 Å². The molecule has 0 N–H and O–H groups in total. The van der Waals surface area contributed by atoms with E-state index < -0.39 is 5.97 Å². The van der Waals surface area contributed by atoms with Gasteiger partial charge < -0.3 is 4.74 Å². The molecule has 0 amide bonds. The maximum atomic E-state index is 11.9. The fraction of sp³-hybridized carbons (Fsp3) is 0.611. The molecule has 1 saturated carbocycles. The van der Waals surface area contributed by atoms with Crippen LogP contribution in [-0.2, 0) is 9.78 Å². The molecule has 0 spiro atoms. The standard InChI is InChI=1S/C18H26O4/c1-2-3-4-7-14-20-16-12-10-15(11-13-16)18(19)22-21-17-8-5-6-9-17/h10-13,17H,2-9,14H2,1H3. The molecule has 2 rings (SSSR count). The number of carbonyl (C=O) groups is 1. The van der Waals surface area contributed by atoms with E-state index in [1.54, 1.807) is 24.3 Å². The molecular formula is C18H26O4. The van der Waals surface area contributed by atoms with Crippen molar-refractivity contribution in [3.8, 4) is 5.75 Å². The molecular weight excluding hydrogens is 280 g/mol. The number of carbonyl (C=O) groups excluding carboxylic acids is 1. The second-order valence-electron chi connectivity index (χ2n) is 5.81. The van der Waals surface area contributed by atoms with Crippen LogP contribution in [0.5, 0.6) is 5.75 Å². The summed E-state index contributed by atoms with van der Waals surface area (Å²) in [5.41, 5.74) is 0.483. The number of rotatable bonds is 9. The maximum absolute atomic E-state index is 11.9. The molecule has 122 valence electrons. The highest BCUT2D eigenvalue weighted by Crippen LogP contribution is 2.21. The van der Waals surface area contributed by atoms with E-state index in [9.17, 15) is 4.79 Å². The van der Waals surface area contributed by atoms with Crippen molar-refractivity contribution in [1.29, 1.82) is 0 Å². The van der Waals surface area contributed by atoms with Crippen molar-refractivity contribution in [2.24, 2.45) is 0 Å². The molecule has 0 saturated heterocycles. The molecule has 0 bridgehead atoms. The van der Waals surface area contributed by atoms with Crippen LogP contribution in [0.2, 0.25) is 0 Å². The van der Waals surface area contributed by atoms with E-state index in [0.29, 0.717) is 12.2 Å². The largest absolute Gasteiger partial charge is 0.494 e. The van der Waals surface area contributed by atoms with Crippen LogP contribution in [0.4, 0.5) is 0 Å². The van der Waals surface area contributed by atoms with Gasteiger partial charge in [-0.05, 0) is 43.5 Å². The third-order valence-electron chi connectivity index (χ3n) is 3.92. The highest BCUT2D eigenvalue weighted by molar-refractivity contribution is 5.89. The Labute approximate surface area is 132 Å². The number of hydrogen-bond donors (Lipinski definition) is 0. The topological polar surface area (TPSA) is 44.8 Å².